The zero-order chi connectivity index (χ0) is 15.7. The van der Waals surface area contributed by atoms with Crippen LogP contribution in [0.1, 0.15) is 18.7 Å². The number of nitrogens with zero attached hydrogens (tertiary/aromatic N) is 3. The van der Waals surface area contributed by atoms with Crippen molar-refractivity contribution in [2.45, 2.75) is 26.2 Å². The van der Waals surface area contributed by atoms with Gasteiger partial charge < -0.3 is 19.5 Å². The zero-order valence-corrected chi connectivity index (χ0v) is 14.1. The summed E-state index contributed by atoms with van der Waals surface area (Å²) in [5.41, 5.74) is 0.806. The van der Waals surface area contributed by atoms with E-state index in [9.17, 15) is 5.11 Å². The van der Waals surface area contributed by atoms with E-state index in [1.54, 1.807) is 25.2 Å². The molecule has 2 aromatic rings. The van der Waals surface area contributed by atoms with Gasteiger partial charge in [0.05, 0.1) is 30.0 Å². The topological polar surface area (TPSA) is 67.7 Å². The molecule has 0 bridgehead atoms. The SMILES string of the molecule is CC(C)(O)OCc1cc2nc(Cl)nc(N3CCOCC3)c2s1. The Bertz CT molecular complexity index is 665. The quantitative estimate of drug-likeness (QED) is 0.679. The first-order valence-electron chi connectivity index (χ1n) is 7.07. The van der Waals surface area contributed by atoms with Crippen LogP contribution in [0.15, 0.2) is 6.07 Å². The van der Waals surface area contributed by atoms with E-state index in [2.05, 4.69) is 14.9 Å². The summed E-state index contributed by atoms with van der Waals surface area (Å²) in [4.78, 5) is 11.8. The molecule has 3 heterocycles. The molecule has 1 aliphatic heterocycles. The summed E-state index contributed by atoms with van der Waals surface area (Å²) in [6.45, 7) is 6.48. The van der Waals surface area contributed by atoms with E-state index in [1.807, 2.05) is 6.07 Å². The lowest BCUT2D eigenvalue weighted by atomic mass is 10.3. The lowest BCUT2D eigenvalue weighted by molar-refractivity contribution is -0.183. The Hall–Kier alpha value is -0.990. The number of hydrogen-bond donors (Lipinski definition) is 1. The van der Waals surface area contributed by atoms with Crippen LogP contribution in [0.3, 0.4) is 0 Å². The first-order chi connectivity index (χ1) is 10.4. The van der Waals surface area contributed by atoms with Gasteiger partial charge >= 0.3 is 0 Å². The van der Waals surface area contributed by atoms with Crippen LogP contribution in [-0.4, -0.2) is 47.2 Å². The standard InChI is InChI=1S/C14H18ClN3O3S/c1-14(2,19)21-8-9-7-10-11(22-9)12(17-13(15)16-10)18-3-5-20-6-4-18/h7,19H,3-6,8H2,1-2H3. The van der Waals surface area contributed by atoms with Gasteiger partial charge in [0, 0.05) is 18.0 Å². The van der Waals surface area contributed by atoms with Crippen molar-refractivity contribution in [2.24, 2.45) is 0 Å². The van der Waals surface area contributed by atoms with Crippen molar-refractivity contribution in [2.75, 3.05) is 31.2 Å². The molecule has 0 saturated carbocycles. The predicted octanol–water partition coefficient (Wildman–Crippen LogP) is 2.43. The molecule has 22 heavy (non-hydrogen) atoms. The average Bonchev–Trinajstić information content (AvgIpc) is 2.87. The van der Waals surface area contributed by atoms with Crippen LogP contribution in [0.5, 0.6) is 0 Å². The number of thiophene rings is 1. The van der Waals surface area contributed by atoms with E-state index in [1.165, 1.54) is 0 Å². The summed E-state index contributed by atoms with van der Waals surface area (Å²) in [5.74, 6) is -0.315. The molecule has 1 saturated heterocycles. The molecule has 1 aliphatic rings. The number of aromatic nitrogens is 2. The maximum absolute atomic E-state index is 9.67. The van der Waals surface area contributed by atoms with Crippen molar-refractivity contribution in [3.8, 4) is 0 Å². The Balaban J connectivity index is 1.92. The Morgan fingerprint density at radius 1 is 1.41 bits per heavy atom. The van der Waals surface area contributed by atoms with Crippen LogP contribution in [0.25, 0.3) is 10.2 Å². The molecule has 0 spiro atoms. The van der Waals surface area contributed by atoms with Crippen molar-refractivity contribution >= 4 is 39.0 Å². The van der Waals surface area contributed by atoms with Gasteiger partial charge in [-0.25, -0.2) is 4.98 Å². The fourth-order valence-corrected chi connectivity index (χ4v) is 3.44. The number of ether oxygens (including phenoxy) is 2. The van der Waals surface area contributed by atoms with Crippen molar-refractivity contribution in [3.63, 3.8) is 0 Å². The van der Waals surface area contributed by atoms with Crippen LogP contribution in [-0.2, 0) is 16.1 Å². The van der Waals surface area contributed by atoms with Crippen LogP contribution >= 0.6 is 22.9 Å². The fourth-order valence-electron chi connectivity index (χ4n) is 2.25. The molecule has 6 nitrogen and oxygen atoms in total. The van der Waals surface area contributed by atoms with Crippen LogP contribution in [0.4, 0.5) is 5.82 Å². The molecule has 0 aromatic carbocycles. The highest BCUT2D eigenvalue weighted by atomic mass is 35.5. The maximum atomic E-state index is 9.67. The van der Waals surface area contributed by atoms with Crippen molar-refractivity contribution < 1.29 is 14.6 Å². The Morgan fingerprint density at radius 3 is 2.82 bits per heavy atom. The predicted molar refractivity (Wildman–Crippen MR) is 86.5 cm³/mol. The molecule has 0 radical (unpaired) electrons. The number of anilines is 1. The fraction of sp³-hybridized carbons (Fsp3) is 0.571. The normalized spacial score (nSPS) is 16.5. The van der Waals surface area contributed by atoms with Gasteiger partial charge in [0.15, 0.2) is 11.6 Å². The monoisotopic (exact) mass is 343 g/mol. The largest absolute Gasteiger partial charge is 0.378 e. The third-order valence-electron chi connectivity index (χ3n) is 3.26. The highest BCUT2D eigenvalue weighted by molar-refractivity contribution is 7.19. The van der Waals surface area contributed by atoms with Gasteiger partial charge in [0.1, 0.15) is 0 Å². The van der Waals surface area contributed by atoms with Gasteiger partial charge in [-0.15, -0.1) is 11.3 Å². The first-order valence-corrected chi connectivity index (χ1v) is 8.27. The summed E-state index contributed by atoms with van der Waals surface area (Å²) in [6, 6.07) is 1.93. The molecule has 120 valence electrons. The highest BCUT2D eigenvalue weighted by Gasteiger charge is 2.20. The van der Waals surface area contributed by atoms with E-state index in [0.717, 1.165) is 34.0 Å². The third-order valence-corrected chi connectivity index (χ3v) is 4.52. The maximum Gasteiger partial charge on any atom is 0.224 e. The summed E-state index contributed by atoms with van der Waals surface area (Å²) in [7, 11) is 0. The van der Waals surface area contributed by atoms with Gasteiger partial charge in [-0.1, -0.05) is 0 Å². The highest BCUT2D eigenvalue weighted by Crippen LogP contribution is 2.34. The van der Waals surface area contributed by atoms with E-state index in [4.69, 9.17) is 21.1 Å². The second-order valence-electron chi connectivity index (χ2n) is 5.58. The summed E-state index contributed by atoms with van der Waals surface area (Å²) < 4.78 is 11.8. The van der Waals surface area contributed by atoms with Crippen molar-refractivity contribution in [1.29, 1.82) is 0 Å². The van der Waals surface area contributed by atoms with E-state index in [-0.39, 0.29) is 5.28 Å². The van der Waals surface area contributed by atoms with Crippen molar-refractivity contribution in [3.05, 3.63) is 16.2 Å². The minimum atomic E-state index is -1.16. The lowest BCUT2D eigenvalue weighted by Gasteiger charge is -2.28. The molecule has 0 unspecified atom stereocenters. The van der Waals surface area contributed by atoms with Crippen LogP contribution < -0.4 is 4.90 Å². The molecule has 3 rings (SSSR count). The minimum Gasteiger partial charge on any atom is -0.378 e. The second-order valence-corrected chi connectivity index (χ2v) is 7.05. The number of aliphatic hydroxyl groups is 1. The number of morpholine rings is 1. The molecule has 1 fully saturated rings. The molecular formula is C14H18ClN3O3S. The summed E-state index contributed by atoms with van der Waals surface area (Å²) >= 11 is 7.62. The second kappa shape index (κ2) is 6.25. The zero-order valence-electron chi connectivity index (χ0n) is 12.5. The Labute approximate surface area is 137 Å². The number of fused-ring (bicyclic) bond motifs is 1. The lowest BCUT2D eigenvalue weighted by Crippen LogP contribution is -2.36. The molecule has 2 aromatic heterocycles. The van der Waals surface area contributed by atoms with Crippen LogP contribution in [0.2, 0.25) is 5.28 Å². The molecule has 0 amide bonds. The number of rotatable bonds is 4. The molecule has 1 N–H and O–H groups in total. The van der Waals surface area contributed by atoms with E-state index < -0.39 is 5.79 Å². The van der Waals surface area contributed by atoms with Crippen molar-refractivity contribution in [1.82, 2.24) is 9.97 Å². The molecule has 8 heteroatoms. The minimum absolute atomic E-state index is 0.238. The van der Waals surface area contributed by atoms with Gasteiger partial charge in [0.25, 0.3) is 0 Å². The Kier molecular flexibility index (Phi) is 4.52. The summed E-state index contributed by atoms with van der Waals surface area (Å²) in [6.07, 6.45) is 0. The van der Waals surface area contributed by atoms with E-state index >= 15 is 0 Å². The molecular weight excluding hydrogens is 326 g/mol. The first kappa shape index (κ1) is 15.9. The van der Waals surface area contributed by atoms with E-state index in [0.29, 0.717) is 19.8 Å². The molecule has 0 aliphatic carbocycles. The van der Waals surface area contributed by atoms with Gasteiger partial charge in [-0.3, -0.25) is 0 Å². The molecule has 0 atom stereocenters. The smallest absolute Gasteiger partial charge is 0.224 e. The average molecular weight is 344 g/mol. The third kappa shape index (κ3) is 3.67. The van der Waals surface area contributed by atoms with Gasteiger partial charge in [0.2, 0.25) is 5.28 Å². The number of hydrogen-bond acceptors (Lipinski definition) is 7. The van der Waals surface area contributed by atoms with Crippen LogP contribution in [0, 0.1) is 0 Å². The van der Waals surface area contributed by atoms with Gasteiger partial charge in [-0.05, 0) is 31.5 Å². The summed E-state index contributed by atoms with van der Waals surface area (Å²) in [5, 5.41) is 9.91. The Morgan fingerprint density at radius 2 is 2.14 bits per heavy atom. The van der Waals surface area contributed by atoms with Gasteiger partial charge in [-0.2, -0.15) is 4.98 Å². The number of halogens is 1.